The minimum absolute atomic E-state index is 0.130. The van der Waals surface area contributed by atoms with Crippen molar-refractivity contribution in [2.75, 3.05) is 19.8 Å². The molecule has 23 atom stereocenters. The van der Waals surface area contributed by atoms with E-state index in [1.165, 1.54) is 0 Å². The number of aliphatic carboxylic acids is 1. The van der Waals surface area contributed by atoms with Crippen molar-refractivity contribution in [3.05, 3.63) is 11.6 Å². The highest BCUT2D eigenvalue weighted by atomic mass is 16.8. The fourth-order valence-corrected chi connectivity index (χ4v) is 14.8. The number of esters is 1. The summed E-state index contributed by atoms with van der Waals surface area (Å²) in [7, 11) is 0. The average Bonchev–Trinajstić information content (AvgIpc) is 3.27. The van der Waals surface area contributed by atoms with Gasteiger partial charge in [-0.2, -0.15) is 0 Å². The number of rotatable bonds is 9. The zero-order valence-electron chi connectivity index (χ0n) is 38.8. The first-order chi connectivity index (χ1) is 30.8. The molecule has 19 nitrogen and oxygen atoms in total. The van der Waals surface area contributed by atoms with Crippen LogP contribution in [0.4, 0.5) is 0 Å². The van der Waals surface area contributed by atoms with Gasteiger partial charge in [0, 0.05) is 0 Å². The van der Waals surface area contributed by atoms with Crippen LogP contribution >= 0.6 is 0 Å². The van der Waals surface area contributed by atoms with Crippen LogP contribution in [0.3, 0.4) is 0 Å². The van der Waals surface area contributed by atoms with E-state index in [0.717, 1.165) is 24.8 Å². The van der Waals surface area contributed by atoms with Gasteiger partial charge in [-0.05, 0) is 111 Å². The van der Waals surface area contributed by atoms with E-state index in [9.17, 15) is 65.8 Å². The normalized spacial score (nSPS) is 53.5. The van der Waals surface area contributed by atoms with Gasteiger partial charge in [0.1, 0.15) is 67.1 Å². The third kappa shape index (κ3) is 7.64. The van der Waals surface area contributed by atoms with Crippen molar-refractivity contribution in [2.45, 2.75) is 198 Å². The van der Waals surface area contributed by atoms with E-state index in [0.29, 0.717) is 25.7 Å². The van der Waals surface area contributed by atoms with Gasteiger partial charge < -0.3 is 84.6 Å². The lowest BCUT2D eigenvalue weighted by molar-refractivity contribution is -0.367. The lowest BCUT2D eigenvalue weighted by Gasteiger charge is -2.71. The maximum absolute atomic E-state index is 14.7. The summed E-state index contributed by atoms with van der Waals surface area (Å²) in [5, 5.41) is 115. The van der Waals surface area contributed by atoms with Gasteiger partial charge in [0.25, 0.3) is 0 Å². The Hall–Kier alpha value is -1.92. The van der Waals surface area contributed by atoms with E-state index in [1.54, 1.807) is 6.92 Å². The Labute approximate surface area is 385 Å². The molecular formula is C47H74O19. The molecule has 66 heavy (non-hydrogen) atoms. The largest absolute Gasteiger partial charge is 0.481 e. The third-order valence-corrected chi connectivity index (χ3v) is 19.2. The predicted octanol–water partition coefficient (Wildman–Crippen LogP) is -0.156. The van der Waals surface area contributed by atoms with Crippen LogP contribution in [0, 0.1) is 50.2 Å². The second-order valence-electron chi connectivity index (χ2n) is 22.7. The first kappa shape index (κ1) is 50.5. The van der Waals surface area contributed by atoms with Crippen LogP contribution in [0.15, 0.2) is 11.6 Å². The summed E-state index contributed by atoms with van der Waals surface area (Å²) in [6.45, 7) is 11.4. The van der Waals surface area contributed by atoms with Gasteiger partial charge in [-0.25, -0.2) is 0 Å². The number of allylic oxidation sites excluding steroid dienone is 2. The first-order valence-corrected chi connectivity index (χ1v) is 23.9. The molecule has 5 aliphatic carbocycles. The topological polar surface area (TPSA) is 312 Å². The summed E-state index contributed by atoms with van der Waals surface area (Å²) in [6, 6.07) is 0. The second kappa shape index (κ2) is 17.7. The Bertz CT molecular complexity index is 1840. The standard InChI is InChI=1S/C47H74O19/c1-42(2)26-9-12-46(6)27(44(26,4)11-10-28(42)64-39-36(29(51)23(50)20-61-39)65-37-34(56)32(54)30(52)24(18-48)62-37)8-7-21-22-17-43(3,40(58)59)13-15-47(22,16-14-45(21,46)5)41(60)66-38-35(57)33(55)31(53)25(19-49)63-38/h7,22-39,48-57H,8-20H2,1-6H3,(H,58,59)/t22-,23+,24+,25-,26-,27+,28-,29-,30-,31-,32-,33+,34-,35-,36-,37-,38+,39-,43-,44-,45+,46+,47-/m0/s1. The predicted molar refractivity (Wildman–Crippen MR) is 226 cm³/mol. The number of carbonyl (C=O) groups excluding carboxylic acids is 1. The summed E-state index contributed by atoms with van der Waals surface area (Å²) in [4.78, 5) is 27.6. The molecule has 0 aromatic carbocycles. The summed E-state index contributed by atoms with van der Waals surface area (Å²) in [5.74, 6) is -1.83. The Morgan fingerprint density at radius 1 is 0.682 bits per heavy atom. The van der Waals surface area contributed by atoms with Crippen molar-refractivity contribution in [1.29, 1.82) is 0 Å². The van der Waals surface area contributed by atoms with Gasteiger partial charge in [-0.15, -0.1) is 0 Å². The smallest absolute Gasteiger partial charge is 0.315 e. The SMILES string of the molecule is CC1(C)[C@@H](O[C@@H]2OC[C@@H](O)[C@H](O)[C@@H]2O[C@@H]2O[C@H](CO)[C@H](O)[C@H](O)[C@@H]2O)CC[C@]2(C)[C@H]3CC=C4[C@@H]5C[C@@](C)(C(=O)O)CC[C@]5(C(=O)O[C@H]5O[C@@H](CO)[C@H](O)[C@@H](O)[C@@H]5O)CC[C@@]4(C)[C@]3(C)CC[C@@H]12. The summed E-state index contributed by atoms with van der Waals surface area (Å²) >= 11 is 0. The van der Waals surface area contributed by atoms with Crippen LogP contribution in [0.5, 0.6) is 0 Å². The van der Waals surface area contributed by atoms with Crippen LogP contribution in [-0.4, -0.2) is 180 Å². The Balaban J connectivity index is 1.05. The summed E-state index contributed by atoms with van der Waals surface area (Å²) in [5.41, 5.74) is -2.66. The maximum atomic E-state index is 14.7. The molecule has 0 amide bonds. The summed E-state index contributed by atoms with van der Waals surface area (Å²) in [6.07, 6.45) is -14.4. The van der Waals surface area contributed by atoms with Gasteiger partial charge in [-0.1, -0.05) is 46.3 Å². The van der Waals surface area contributed by atoms with Gasteiger partial charge >= 0.3 is 11.9 Å². The van der Waals surface area contributed by atoms with E-state index in [-0.39, 0.29) is 48.5 Å². The molecular weight excluding hydrogens is 868 g/mol. The minimum atomic E-state index is -1.78. The number of ether oxygens (including phenoxy) is 6. The molecule has 0 radical (unpaired) electrons. The van der Waals surface area contributed by atoms with Crippen molar-refractivity contribution in [3.8, 4) is 0 Å². The molecule has 8 aliphatic rings. The molecule has 3 aliphatic heterocycles. The molecule has 11 N–H and O–H groups in total. The van der Waals surface area contributed by atoms with E-state index in [2.05, 4.69) is 40.7 Å². The van der Waals surface area contributed by atoms with Gasteiger partial charge in [0.2, 0.25) is 6.29 Å². The zero-order chi connectivity index (χ0) is 48.3. The summed E-state index contributed by atoms with van der Waals surface area (Å²) < 4.78 is 35.8. The average molecular weight is 943 g/mol. The molecule has 0 bridgehead atoms. The fourth-order valence-electron chi connectivity index (χ4n) is 14.8. The van der Waals surface area contributed by atoms with E-state index in [4.69, 9.17) is 28.4 Å². The second-order valence-corrected chi connectivity index (χ2v) is 22.7. The van der Waals surface area contributed by atoms with E-state index >= 15 is 0 Å². The molecule has 3 saturated heterocycles. The number of hydrogen-bond acceptors (Lipinski definition) is 18. The molecule has 8 rings (SSSR count). The van der Waals surface area contributed by atoms with Crippen LogP contribution in [0.1, 0.15) is 106 Å². The highest BCUT2D eigenvalue weighted by Crippen LogP contribution is 2.76. The minimum Gasteiger partial charge on any atom is -0.481 e. The highest BCUT2D eigenvalue weighted by Gasteiger charge is 2.70. The Morgan fingerprint density at radius 2 is 1.29 bits per heavy atom. The van der Waals surface area contributed by atoms with Crippen molar-refractivity contribution in [1.82, 2.24) is 0 Å². The lowest BCUT2D eigenvalue weighted by atomic mass is 9.33. The first-order valence-electron chi connectivity index (χ1n) is 23.9. The molecule has 0 aromatic rings. The van der Waals surface area contributed by atoms with Crippen molar-refractivity contribution in [2.24, 2.45) is 50.2 Å². The van der Waals surface area contributed by atoms with Crippen molar-refractivity contribution in [3.63, 3.8) is 0 Å². The van der Waals surface area contributed by atoms with E-state index < -0.39 is 145 Å². The van der Waals surface area contributed by atoms with Crippen molar-refractivity contribution >= 4 is 11.9 Å². The van der Waals surface area contributed by atoms with Crippen LogP contribution < -0.4 is 0 Å². The Morgan fingerprint density at radius 3 is 1.91 bits per heavy atom. The van der Waals surface area contributed by atoms with E-state index in [1.807, 2.05) is 0 Å². The van der Waals surface area contributed by atoms with Crippen molar-refractivity contribution < 1.29 is 94.2 Å². The molecule has 4 saturated carbocycles. The maximum Gasteiger partial charge on any atom is 0.315 e. The molecule has 19 heteroatoms. The number of carbonyl (C=O) groups is 2. The number of carboxylic acid groups (broad SMARTS) is 1. The highest BCUT2D eigenvalue weighted by molar-refractivity contribution is 5.81. The Kier molecular flexibility index (Phi) is 13.6. The third-order valence-electron chi connectivity index (χ3n) is 19.2. The number of aliphatic hydroxyl groups is 10. The number of fused-ring (bicyclic) bond motifs is 7. The molecule has 3 heterocycles. The number of carboxylic acids is 1. The van der Waals surface area contributed by atoms with Gasteiger partial charge in [0.05, 0.1) is 36.8 Å². The number of aliphatic hydroxyl groups excluding tert-OH is 10. The van der Waals surface area contributed by atoms with Gasteiger partial charge in [0.15, 0.2) is 12.6 Å². The fraction of sp³-hybridized carbons (Fsp3) is 0.915. The lowest BCUT2D eigenvalue weighted by Crippen LogP contribution is -2.66. The number of hydrogen-bond donors (Lipinski definition) is 11. The molecule has 0 aromatic heterocycles. The molecule has 0 unspecified atom stereocenters. The van der Waals surface area contributed by atoms with Crippen LogP contribution in [0.2, 0.25) is 0 Å². The molecule has 7 fully saturated rings. The molecule has 376 valence electrons. The quantitative estimate of drug-likeness (QED) is 0.0813. The molecule has 0 spiro atoms. The van der Waals surface area contributed by atoms with Crippen LogP contribution in [0.25, 0.3) is 0 Å². The monoisotopic (exact) mass is 942 g/mol. The van der Waals surface area contributed by atoms with Gasteiger partial charge in [-0.3, -0.25) is 9.59 Å². The zero-order valence-corrected chi connectivity index (χ0v) is 38.8. The van der Waals surface area contributed by atoms with Crippen LogP contribution in [-0.2, 0) is 38.0 Å².